The molecule has 0 bridgehead atoms. The molecule has 3 aromatic carbocycles. The lowest BCUT2D eigenvalue weighted by atomic mass is 10.1. The largest absolute Gasteiger partial charge is 0.355 e. The molecule has 1 aromatic heterocycles. The molecule has 0 saturated heterocycles. The number of carbonyl (C=O) groups excluding carboxylic acids is 1. The van der Waals surface area contributed by atoms with Gasteiger partial charge < -0.3 is 10.3 Å². The maximum Gasteiger partial charge on any atom is 0.224 e. The smallest absolute Gasteiger partial charge is 0.224 e. The zero-order valence-electron chi connectivity index (χ0n) is 16.1. The van der Waals surface area contributed by atoms with Crippen LogP contribution < -0.4 is 5.32 Å². The SMILES string of the molecule is O=C(Cc1ccc(F)cc1)NCCSc1c(-c2ccc(F)cc2)[nH]c2ccccc12. The molecule has 0 aliphatic rings. The highest BCUT2D eigenvalue weighted by atomic mass is 32.2. The Morgan fingerprint density at radius 2 is 1.57 bits per heavy atom. The van der Waals surface area contributed by atoms with Gasteiger partial charge in [-0.15, -0.1) is 11.8 Å². The molecule has 30 heavy (non-hydrogen) atoms. The first-order chi connectivity index (χ1) is 14.6. The van der Waals surface area contributed by atoms with Crippen LogP contribution in [-0.2, 0) is 11.2 Å². The summed E-state index contributed by atoms with van der Waals surface area (Å²) in [5, 5.41) is 4.01. The molecule has 2 N–H and O–H groups in total. The van der Waals surface area contributed by atoms with Crippen LogP contribution in [0, 0.1) is 11.6 Å². The number of para-hydroxylation sites is 1. The molecule has 1 heterocycles. The summed E-state index contributed by atoms with van der Waals surface area (Å²) in [6, 6.07) is 20.4. The van der Waals surface area contributed by atoms with Gasteiger partial charge in [0.05, 0.1) is 12.1 Å². The van der Waals surface area contributed by atoms with E-state index >= 15 is 0 Å². The van der Waals surface area contributed by atoms with Gasteiger partial charge >= 0.3 is 0 Å². The Kier molecular flexibility index (Phi) is 6.14. The van der Waals surface area contributed by atoms with E-state index in [9.17, 15) is 13.6 Å². The molecular formula is C24H20F2N2OS. The van der Waals surface area contributed by atoms with E-state index < -0.39 is 0 Å². The standard InChI is InChI=1S/C24H20F2N2OS/c25-18-9-5-16(6-10-18)15-22(29)27-13-14-30-24-20-3-1-2-4-21(20)28-23(24)17-7-11-19(26)12-8-17/h1-12,28H,13-15H2,(H,27,29). The van der Waals surface area contributed by atoms with Crippen LogP contribution in [0.15, 0.2) is 77.7 Å². The van der Waals surface area contributed by atoms with E-state index in [-0.39, 0.29) is 24.0 Å². The van der Waals surface area contributed by atoms with Crippen molar-refractivity contribution in [2.45, 2.75) is 11.3 Å². The van der Waals surface area contributed by atoms with E-state index in [1.807, 2.05) is 24.3 Å². The van der Waals surface area contributed by atoms with Crippen LogP contribution in [0.4, 0.5) is 8.78 Å². The second-order valence-corrected chi connectivity index (χ2v) is 7.99. The van der Waals surface area contributed by atoms with Crippen LogP contribution in [0.1, 0.15) is 5.56 Å². The number of hydrogen-bond donors (Lipinski definition) is 2. The minimum Gasteiger partial charge on any atom is -0.355 e. The Morgan fingerprint density at radius 3 is 2.30 bits per heavy atom. The van der Waals surface area contributed by atoms with Crippen molar-refractivity contribution in [3.05, 3.63) is 90.0 Å². The third-order valence-corrected chi connectivity index (χ3v) is 5.86. The van der Waals surface area contributed by atoms with Gasteiger partial charge in [-0.1, -0.05) is 30.3 Å². The van der Waals surface area contributed by atoms with Crippen LogP contribution in [0.25, 0.3) is 22.2 Å². The van der Waals surface area contributed by atoms with Crippen molar-refractivity contribution < 1.29 is 13.6 Å². The second kappa shape index (κ2) is 9.13. The van der Waals surface area contributed by atoms with E-state index in [2.05, 4.69) is 10.3 Å². The molecule has 0 spiro atoms. The first-order valence-corrected chi connectivity index (χ1v) is 10.6. The predicted octanol–water partition coefficient (Wildman–Crippen LogP) is 5.56. The van der Waals surface area contributed by atoms with Crippen molar-refractivity contribution in [2.75, 3.05) is 12.3 Å². The van der Waals surface area contributed by atoms with Gasteiger partial charge in [0, 0.05) is 28.1 Å². The molecule has 0 saturated carbocycles. The van der Waals surface area contributed by atoms with Crippen LogP contribution in [0.3, 0.4) is 0 Å². The summed E-state index contributed by atoms with van der Waals surface area (Å²) in [6.45, 7) is 0.507. The lowest BCUT2D eigenvalue weighted by molar-refractivity contribution is -0.120. The maximum atomic E-state index is 13.3. The van der Waals surface area contributed by atoms with Gasteiger partial charge in [-0.2, -0.15) is 0 Å². The Balaban J connectivity index is 1.42. The van der Waals surface area contributed by atoms with Crippen molar-refractivity contribution >= 4 is 28.6 Å². The predicted molar refractivity (Wildman–Crippen MR) is 118 cm³/mol. The number of hydrogen-bond acceptors (Lipinski definition) is 2. The lowest BCUT2D eigenvalue weighted by Gasteiger charge is -2.07. The maximum absolute atomic E-state index is 13.3. The summed E-state index contributed by atoms with van der Waals surface area (Å²) in [6.07, 6.45) is 0.221. The van der Waals surface area contributed by atoms with E-state index in [1.165, 1.54) is 24.3 Å². The number of nitrogens with one attached hydrogen (secondary N) is 2. The second-order valence-electron chi connectivity index (χ2n) is 6.88. The number of rotatable bonds is 7. The summed E-state index contributed by atoms with van der Waals surface area (Å²) in [5.74, 6) is 0.00430. The Hall–Kier alpha value is -3.12. The zero-order chi connectivity index (χ0) is 20.9. The third-order valence-electron chi connectivity index (χ3n) is 4.74. The van der Waals surface area contributed by atoms with Gasteiger partial charge in [0.15, 0.2) is 0 Å². The fourth-order valence-corrected chi connectivity index (χ4v) is 4.33. The molecule has 1 amide bonds. The lowest BCUT2D eigenvalue weighted by Crippen LogP contribution is -2.27. The molecule has 6 heteroatoms. The first-order valence-electron chi connectivity index (χ1n) is 9.61. The van der Waals surface area contributed by atoms with E-state index in [0.29, 0.717) is 12.3 Å². The minimum atomic E-state index is -0.314. The molecular weight excluding hydrogens is 402 g/mol. The quantitative estimate of drug-likeness (QED) is 0.302. The average molecular weight is 423 g/mol. The van der Waals surface area contributed by atoms with E-state index in [1.54, 1.807) is 36.0 Å². The van der Waals surface area contributed by atoms with Crippen LogP contribution in [-0.4, -0.2) is 23.2 Å². The third kappa shape index (κ3) is 4.71. The highest BCUT2D eigenvalue weighted by molar-refractivity contribution is 7.99. The number of aromatic amines is 1. The number of carbonyl (C=O) groups is 1. The van der Waals surface area contributed by atoms with Crippen molar-refractivity contribution in [1.82, 2.24) is 10.3 Å². The molecule has 0 atom stereocenters. The van der Waals surface area contributed by atoms with Gasteiger partial charge in [-0.05, 0) is 53.6 Å². The molecule has 0 fully saturated rings. The average Bonchev–Trinajstić information content (AvgIpc) is 3.12. The van der Waals surface area contributed by atoms with Crippen molar-refractivity contribution in [1.29, 1.82) is 0 Å². The van der Waals surface area contributed by atoms with E-state index in [4.69, 9.17) is 0 Å². The topological polar surface area (TPSA) is 44.9 Å². The summed E-state index contributed by atoms with van der Waals surface area (Å²) < 4.78 is 26.3. The monoisotopic (exact) mass is 422 g/mol. The normalized spacial score (nSPS) is 11.0. The Morgan fingerprint density at radius 1 is 0.900 bits per heavy atom. The molecule has 3 nitrogen and oxygen atoms in total. The molecule has 0 unspecified atom stereocenters. The highest BCUT2D eigenvalue weighted by Gasteiger charge is 2.14. The van der Waals surface area contributed by atoms with Crippen LogP contribution in [0.5, 0.6) is 0 Å². The fraction of sp³-hybridized carbons (Fsp3) is 0.125. The first kappa shape index (κ1) is 20.2. The van der Waals surface area contributed by atoms with Gasteiger partial charge in [-0.3, -0.25) is 4.79 Å². The van der Waals surface area contributed by atoms with Gasteiger partial charge in [-0.25, -0.2) is 8.78 Å². The number of amides is 1. The van der Waals surface area contributed by atoms with Gasteiger partial charge in [0.2, 0.25) is 5.91 Å². The van der Waals surface area contributed by atoms with Gasteiger partial charge in [0.1, 0.15) is 11.6 Å². The number of thioether (sulfide) groups is 1. The highest BCUT2D eigenvalue weighted by Crippen LogP contribution is 2.37. The fourth-order valence-electron chi connectivity index (χ4n) is 3.28. The number of halogens is 2. The number of fused-ring (bicyclic) bond motifs is 1. The van der Waals surface area contributed by atoms with E-state index in [0.717, 1.165) is 32.6 Å². The molecule has 0 aliphatic carbocycles. The summed E-state index contributed by atoms with van der Waals surface area (Å²) in [5.41, 5.74) is 3.64. The molecule has 0 aliphatic heterocycles. The minimum absolute atomic E-state index is 0.0973. The molecule has 0 radical (unpaired) electrons. The summed E-state index contributed by atoms with van der Waals surface area (Å²) in [7, 11) is 0. The number of benzene rings is 3. The van der Waals surface area contributed by atoms with Crippen LogP contribution >= 0.6 is 11.8 Å². The molecule has 4 rings (SSSR count). The van der Waals surface area contributed by atoms with Crippen molar-refractivity contribution in [3.63, 3.8) is 0 Å². The summed E-state index contributed by atoms with van der Waals surface area (Å²) in [4.78, 5) is 16.6. The number of H-pyrrole nitrogens is 1. The van der Waals surface area contributed by atoms with Crippen molar-refractivity contribution in [3.8, 4) is 11.3 Å². The summed E-state index contributed by atoms with van der Waals surface area (Å²) >= 11 is 1.64. The van der Waals surface area contributed by atoms with Gasteiger partial charge in [0.25, 0.3) is 0 Å². The van der Waals surface area contributed by atoms with Crippen LogP contribution in [0.2, 0.25) is 0 Å². The molecule has 4 aromatic rings. The molecule has 152 valence electrons. The van der Waals surface area contributed by atoms with Crippen molar-refractivity contribution in [2.24, 2.45) is 0 Å². The Labute approximate surface area is 177 Å². The Bertz CT molecular complexity index is 1150. The number of aromatic nitrogens is 1. The zero-order valence-corrected chi connectivity index (χ0v) is 16.9.